The number of pyridine rings is 1. The Hall–Kier alpha value is -1.56. The summed E-state index contributed by atoms with van der Waals surface area (Å²) in [6, 6.07) is 4.81. The van der Waals surface area contributed by atoms with Gasteiger partial charge in [0, 0.05) is 11.7 Å². The number of anilines is 1. The Morgan fingerprint density at radius 1 is 1.35 bits per heavy atom. The molecule has 1 N–H and O–H groups in total. The quantitative estimate of drug-likeness (QED) is 0.887. The second-order valence-corrected chi connectivity index (χ2v) is 7.06. The lowest BCUT2D eigenvalue weighted by atomic mass is 9.75. The monoisotopic (exact) mass is 269 g/mol. The Kier molecular flexibility index (Phi) is 3.41. The molecule has 3 rings (SSSR count). The van der Waals surface area contributed by atoms with Gasteiger partial charge < -0.3 is 5.32 Å². The Labute approximate surface area is 121 Å². The van der Waals surface area contributed by atoms with Crippen LogP contribution >= 0.6 is 0 Å². The zero-order valence-electron chi connectivity index (χ0n) is 12.5. The minimum absolute atomic E-state index is 0.402. The summed E-state index contributed by atoms with van der Waals surface area (Å²) in [5, 5.41) is 12.9. The summed E-state index contributed by atoms with van der Waals surface area (Å²) >= 11 is 0. The molecule has 0 aromatic carbocycles. The topological polar surface area (TPSA) is 48.7 Å². The first-order valence-electron chi connectivity index (χ1n) is 7.77. The molecule has 2 aliphatic carbocycles. The van der Waals surface area contributed by atoms with Gasteiger partial charge in [0.25, 0.3) is 0 Å². The molecule has 1 fully saturated rings. The fraction of sp³-hybridized carbons (Fsp3) is 0.647. The van der Waals surface area contributed by atoms with Crippen LogP contribution in [0.1, 0.15) is 62.8 Å². The van der Waals surface area contributed by atoms with Crippen molar-refractivity contribution in [1.29, 1.82) is 5.26 Å². The van der Waals surface area contributed by atoms with Gasteiger partial charge in [0.15, 0.2) is 0 Å². The highest BCUT2D eigenvalue weighted by atomic mass is 15.0. The van der Waals surface area contributed by atoms with Crippen LogP contribution in [0.2, 0.25) is 0 Å². The number of aromatic nitrogens is 1. The maximum Gasteiger partial charge on any atom is 0.144 e. The van der Waals surface area contributed by atoms with Gasteiger partial charge in [-0.05, 0) is 55.6 Å². The van der Waals surface area contributed by atoms with E-state index in [4.69, 9.17) is 4.98 Å². The average molecular weight is 269 g/mol. The number of aryl methyl sites for hydroxylation is 2. The number of hydrogen-bond donors (Lipinski definition) is 1. The van der Waals surface area contributed by atoms with Crippen LogP contribution in [0.3, 0.4) is 0 Å². The molecule has 1 heterocycles. The molecule has 2 aliphatic rings. The fourth-order valence-electron chi connectivity index (χ4n) is 3.68. The third-order valence-corrected chi connectivity index (χ3v) is 4.72. The first-order chi connectivity index (χ1) is 9.57. The highest BCUT2D eigenvalue weighted by Crippen LogP contribution is 2.36. The maximum atomic E-state index is 9.35. The molecule has 3 nitrogen and oxygen atoms in total. The lowest BCUT2D eigenvalue weighted by Gasteiger charge is -2.36. The van der Waals surface area contributed by atoms with Crippen molar-refractivity contribution in [2.24, 2.45) is 5.41 Å². The van der Waals surface area contributed by atoms with Crippen molar-refractivity contribution in [1.82, 2.24) is 4.98 Å². The summed E-state index contributed by atoms with van der Waals surface area (Å²) in [7, 11) is 0. The number of nitrogens with one attached hydrogen (secondary N) is 1. The highest BCUT2D eigenvalue weighted by Gasteiger charge is 2.28. The minimum atomic E-state index is 0.402. The van der Waals surface area contributed by atoms with E-state index in [2.05, 4.69) is 25.2 Å². The summed E-state index contributed by atoms with van der Waals surface area (Å²) in [6.07, 6.45) is 8.22. The van der Waals surface area contributed by atoms with Crippen LogP contribution in [0.4, 0.5) is 5.82 Å². The lowest BCUT2D eigenvalue weighted by molar-refractivity contribution is 0.229. The predicted molar refractivity (Wildman–Crippen MR) is 80.6 cm³/mol. The van der Waals surface area contributed by atoms with Gasteiger partial charge in [-0.3, -0.25) is 0 Å². The Morgan fingerprint density at radius 3 is 2.95 bits per heavy atom. The van der Waals surface area contributed by atoms with E-state index >= 15 is 0 Å². The van der Waals surface area contributed by atoms with Gasteiger partial charge in [-0.15, -0.1) is 0 Å². The molecule has 1 saturated carbocycles. The van der Waals surface area contributed by atoms with Gasteiger partial charge in [-0.2, -0.15) is 5.26 Å². The smallest absolute Gasteiger partial charge is 0.144 e. The van der Waals surface area contributed by atoms with Gasteiger partial charge in [-0.25, -0.2) is 4.98 Å². The molecule has 1 atom stereocenters. The van der Waals surface area contributed by atoms with Crippen molar-refractivity contribution in [3.8, 4) is 6.07 Å². The third-order valence-electron chi connectivity index (χ3n) is 4.72. The van der Waals surface area contributed by atoms with Crippen molar-refractivity contribution in [2.75, 3.05) is 5.32 Å². The van der Waals surface area contributed by atoms with E-state index in [1.54, 1.807) is 0 Å². The van der Waals surface area contributed by atoms with E-state index < -0.39 is 0 Å². The maximum absolute atomic E-state index is 9.35. The minimum Gasteiger partial charge on any atom is -0.366 e. The molecule has 106 valence electrons. The second-order valence-electron chi connectivity index (χ2n) is 7.06. The number of nitriles is 1. The van der Waals surface area contributed by atoms with Gasteiger partial charge in [0.1, 0.15) is 11.9 Å². The van der Waals surface area contributed by atoms with Crippen LogP contribution in [0.15, 0.2) is 6.07 Å². The van der Waals surface area contributed by atoms with Crippen LogP contribution in [0, 0.1) is 16.7 Å². The zero-order chi connectivity index (χ0) is 14.2. The summed E-state index contributed by atoms with van der Waals surface area (Å²) < 4.78 is 0. The van der Waals surface area contributed by atoms with E-state index in [1.807, 2.05) is 6.07 Å². The van der Waals surface area contributed by atoms with E-state index in [0.29, 0.717) is 17.0 Å². The van der Waals surface area contributed by atoms with Gasteiger partial charge in [0.05, 0.1) is 5.56 Å². The molecule has 1 aromatic rings. The summed E-state index contributed by atoms with van der Waals surface area (Å²) in [5.41, 5.74) is 3.59. The Balaban J connectivity index is 1.82. The van der Waals surface area contributed by atoms with Crippen molar-refractivity contribution in [2.45, 2.75) is 64.8 Å². The van der Waals surface area contributed by atoms with Crippen molar-refractivity contribution in [3.63, 3.8) is 0 Å². The average Bonchev–Trinajstić information content (AvgIpc) is 2.83. The molecule has 3 heteroatoms. The van der Waals surface area contributed by atoms with Crippen LogP contribution in [0.5, 0.6) is 0 Å². The number of nitrogens with zero attached hydrogens (tertiary/aromatic N) is 2. The van der Waals surface area contributed by atoms with Crippen molar-refractivity contribution >= 4 is 5.82 Å². The normalized spacial score (nSPS) is 23.9. The number of fused-ring (bicyclic) bond motifs is 1. The van der Waals surface area contributed by atoms with Crippen molar-refractivity contribution < 1.29 is 0 Å². The highest BCUT2D eigenvalue weighted by molar-refractivity contribution is 5.55. The largest absolute Gasteiger partial charge is 0.366 e. The number of hydrogen-bond acceptors (Lipinski definition) is 3. The Bertz CT molecular complexity index is 554. The third kappa shape index (κ3) is 2.65. The van der Waals surface area contributed by atoms with Crippen LogP contribution in [-0.2, 0) is 12.8 Å². The first-order valence-corrected chi connectivity index (χ1v) is 7.77. The second kappa shape index (κ2) is 5.09. The molecule has 0 amide bonds. The lowest BCUT2D eigenvalue weighted by Crippen LogP contribution is -2.32. The molecular formula is C17H23N3. The van der Waals surface area contributed by atoms with E-state index in [9.17, 15) is 5.26 Å². The van der Waals surface area contributed by atoms with Gasteiger partial charge >= 0.3 is 0 Å². The van der Waals surface area contributed by atoms with Gasteiger partial charge in [0.2, 0.25) is 0 Å². The molecule has 1 aromatic heterocycles. The number of rotatable bonds is 2. The summed E-state index contributed by atoms with van der Waals surface area (Å²) in [4.78, 5) is 4.73. The molecule has 20 heavy (non-hydrogen) atoms. The fourth-order valence-corrected chi connectivity index (χ4v) is 3.68. The standard InChI is InChI=1S/C17H23N3/c1-17(2)8-4-6-14(10-17)19-16-13(11-18)9-12-5-3-7-15(12)20-16/h9,14H,3-8,10H2,1-2H3,(H,19,20). The predicted octanol–water partition coefficient (Wildman–Crippen LogP) is 3.82. The van der Waals surface area contributed by atoms with E-state index in [-0.39, 0.29) is 0 Å². The molecule has 0 spiro atoms. The Morgan fingerprint density at radius 2 is 2.20 bits per heavy atom. The molecule has 0 radical (unpaired) electrons. The van der Waals surface area contributed by atoms with E-state index in [0.717, 1.165) is 25.1 Å². The van der Waals surface area contributed by atoms with E-state index in [1.165, 1.54) is 36.9 Å². The molecular weight excluding hydrogens is 246 g/mol. The van der Waals surface area contributed by atoms with Gasteiger partial charge in [-0.1, -0.05) is 20.3 Å². The first kappa shape index (κ1) is 13.4. The summed E-state index contributed by atoms with van der Waals surface area (Å²) in [6.45, 7) is 4.67. The van der Waals surface area contributed by atoms with Crippen LogP contribution < -0.4 is 5.32 Å². The SMILES string of the molecule is CC1(C)CCCC(Nc2nc3c(cc2C#N)CCC3)C1. The summed E-state index contributed by atoms with van der Waals surface area (Å²) in [5.74, 6) is 0.816. The molecule has 1 unspecified atom stereocenters. The zero-order valence-corrected chi connectivity index (χ0v) is 12.5. The van der Waals surface area contributed by atoms with Crippen LogP contribution in [0.25, 0.3) is 0 Å². The van der Waals surface area contributed by atoms with Crippen molar-refractivity contribution in [3.05, 3.63) is 22.9 Å². The molecule has 0 saturated heterocycles. The van der Waals surface area contributed by atoms with Crippen LogP contribution in [-0.4, -0.2) is 11.0 Å². The molecule has 0 bridgehead atoms. The molecule has 0 aliphatic heterocycles.